The predicted octanol–water partition coefficient (Wildman–Crippen LogP) is 9.35. The monoisotopic (exact) mass is 421 g/mol. The largest absolute Gasteiger partial charge is 0.356 e. The second-order valence-corrected chi connectivity index (χ2v) is 11.6. The van der Waals surface area contributed by atoms with Gasteiger partial charge in [-0.3, -0.25) is 0 Å². The van der Waals surface area contributed by atoms with Crippen LogP contribution in [0.2, 0.25) is 0 Å². The van der Waals surface area contributed by atoms with E-state index in [1.807, 2.05) is 0 Å². The summed E-state index contributed by atoms with van der Waals surface area (Å²) in [5.74, 6) is 2.61. The molecule has 2 unspecified atom stereocenters. The van der Waals surface area contributed by atoms with Gasteiger partial charge in [0.1, 0.15) is 0 Å². The fourth-order valence-corrected chi connectivity index (χ4v) is 5.11. The van der Waals surface area contributed by atoms with Crippen molar-refractivity contribution in [3.8, 4) is 0 Å². The number of benzene rings is 2. The third kappa shape index (κ3) is 6.15. The summed E-state index contributed by atoms with van der Waals surface area (Å²) in [5, 5.41) is 3.60. The SMILES string of the molecule is CC(C)CC(C)(c1ccc(Nc2ccc(C(C)(CC(C)C)C(C)C)cc2)cc1)C(C)C. The van der Waals surface area contributed by atoms with Crippen molar-refractivity contribution in [3.05, 3.63) is 59.7 Å². The first kappa shape index (κ1) is 25.5. The van der Waals surface area contributed by atoms with Crippen molar-refractivity contribution in [2.75, 3.05) is 5.32 Å². The van der Waals surface area contributed by atoms with Crippen molar-refractivity contribution < 1.29 is 0 Å². The Kier molecular flexibility index (Phi) is 8.42. The maximum Gasteiger partial charge on any atom is 0.0384 e. The molecule has 1 nitrogen and oxygen atoms in total. The molecule has 0 spiro atoms. The van der Waals surface area contributed by atoms with E-state index >= 15 is 0 Å². The summed E-state index contributed by atoms with van der Waals surface area (Å²) in [6, 6.07) is 18.2. The van der Waals surface area contributed by atoms with E-state index in [2.05, 4.69) is 123 Å². The van der Waals surface area contributed by atoms with Crippen LogP contribution in [-0.4, -0.2) is 0 Å². The second-order valence-electron chi connectivity index (χ2n) is 11.6. The average Bonchev–Trinajstić information content (AvgIpc) is 2.67. The van der Waals surface area contributed by atoms with Crippen molar-refractivity contribution >= 4 is 11.4 Å². The van der Waals surface area contributed by atoms with Gasteiger partial charge in [0.25, 0.3) is 0 Å². The maximum absolute atomic E-state index is 3.60. The number of hydrogen-bond donors (Lipinski definition) is 1. The first-order chi connectivity index (χ1) is 14.4. The summed E-state index contributed by atoms with van der Waals surface area (Å²) in [6.45, 7) is 23.5. The highest BCUT2D eigenvalue weighted by molar-refractivity contribution is 5.60. The van der Waals surface area contributed by atoms with Crippen LogP contribution in [0.15, 0.2) is 48.5 Å². The Labute approximate surface area is 193 Å². The zero-order valence-corrected chi connectivity index (χ0v) is 21.8. The van der Waals surface area contributed by atoms with Crippen LogP contribution in [0.3, 0.4) is 0 Å². The van der Waals surface area contributed by atoms with E-state index in [0.717, 1.165) is 11.4 Å². The van der Waals surface area contributed by atoms with Gasteiger partial charge in [0, 0.05) is 11.4 Å². The number of nitrogens with one attached hydrogen (secondary N) is 1. The molecule has 31 heavy (non-hydrogen) atoms. The molecule has 2 atom stereocenters. The Hall–Kier alpha value is -1.76. The molecule has 0 saturated heterocycles. The van der Waals surface area contributed by atoms with Gasteiger partial charge in [-0.05, 0) is 82.7 Å². The van der Waals surface area contributed by atoms with Gasteiger partial charge in [-0.25, -0.2) is 0 Å². The van der Waals surface area contributed by atoms with Gasteiger partial charge < -0.3 is 5.32 Å². The molecule has 172 valence electrons. The molecule has 0 aromatic heterocycles. The van der Waals surface area contributed by atoms with Crippen molar-refractivity contribution in [2.24, 2.45) is 23.7 Å². The third-order valence-electron chi connectivity index (χ3n) is 7.59. The zero-order valence-electron chi connectivity index (χ0n) is 21.8. The molecule has 0 fully saturated rings. The van der Waals surface area contributed by atoms with E-state index in [9.17, 15) is 0 Å². The van der Waals surface area contributed by atoms with Gasteiger partial charge in [-0.15, -0.1) is 0 Å². The van der Waals surface area contributed by atoms with Gasteiger partial charge in [-0.2, -0.15) is 0 Å². The van der Waals surface area contributed by atoms with E-state index < -0.39 is 0 Å². The number of anilines is 2. The van der Waals surface area contributed by atoms with Crippen LogP contribution in [-0.2, 0) is 10.8 Å². The molecule has 1 heteroatoms. The van der Waals surface area contributed by atoms with Crippen LogP contribution in [0.1, 0.15) is 93.2 Å². The average molecular weight is 422 g/mol. The van der Waals surface area contributed by atoms with Gasteiger partial charge in [0.05, 0.1) is 0 Å². The fourth-order valence-electron chi connectivity index (χ4n) is 5.11. The molecule has 2 rings (SSSR count). The van der Waals surface area contributed by atoms with Gasteiger partial charge in [-0.1, -0.05) is 93.5 Å². The van der Waals surface area contributed by atoms with E-state index in [4.69, 9.17) is 0 Å². The summed E-state index contributed by atoms with van der Waals surface area (Å²) < 4.78 is 0. The summed E-state index contributed by atoms with van der Waals surface area (Å²) in [5.41, 5.74) is 5.62. The summed E-state index contributed by atoms with van der Waals surface area (Å²) in [4.78, 5) is 0. The third-order valence-corrected chi connectivity index (χ3v) is 7.59. The lowest BCUT2D eigenvalue weighted by atomic mass is 9.68. The molecule has 0 heterocycles. The molecule has 2 aromatic rings. The molecule has 0 aliphatic rings. The normalized spacial score (nSPS) is 16.1. The Balaban J connectivity index is 2.19. The first-order valence-corrected chi connectivity index (χ1v) is 12.4. The molecule has 0 aliphatic heterocycles. The summed E-state index contributed by atoms with van der Waals surface area (Å²) in [6.07, 6.45) is 2.42. The zero-order chi connectivity index (χ0) is 23.4. The van der Waals surface area contributed by atoms with Crippen LogP contribution in [0.5, 0.6) is 0 Å². The quantitative estimate of drug-likeness (QED) is 0.403. The summed E-state index contributed by atoms with van der Waals surface area (Å²) in [7, 11) is 0. The molecule has 0 radical (unpaired) electrons. The fraction of sp³-hybridized carbons (Fsp3) is 0.600. The van der Waals surface area contributed by atoms with Crippen LogP contribution >= 0.6 is 0 Å². The predicted molar refractivity (Wildman–Crippen MR) is 139 cm³/mol. The number of rotatable bonds is 10. The van der Waals surface area contributed by atoms with Crippen molar-refractivity contribution in [1.29, 1.82) is 0 Å². The van der Waals surface area contributed by atoms with Crippen LogP contribution in [0.4, 0.5) is 11.4 Å². The number of hydrogen-bond acceptors (Lipinski definition) is 1. The minimum Gasteiger partial charge on any atom is -0.356 e. The van der Waals surface area contributed by atoms with E-state index in [1.165, 1.54) is 24.0 Å². The van der Waals surface area contributed by atoms with Gasteiger partial charge in [0.15, 0.2) is 0 Å². The van der Waals surface area contributed by atoms with E-state index in [0.29, 0.717) is 23.7 Å². The van der Waals surface area contributed by atoms with Crippen LogP contribution in [0.25, 0.3) is 0 Å². The standard InChI is InChI=1S/C30H47N/c1-21(2)19-29(9,23(5)6)25-11-15-27(16-12-25)31-28-17-13-26(14-18-28)30(10,24(7)8)20-22(3)4/h11-18,21-24,31H,19-20H2,1-10H3. The lowest BCUT2D eigenvalue weighted by Crippen LogP contribution is -2.30. The van der Waals surface area contributed by atoms with Crippen molar-refractivity contribution in [1.82, 2.24) is 0 Å². The van der Waals surface area contributed by atoms with Gasteiger partial charge >= 0.3 is 0 Å². The molecular formula is C30H47N. The highest BCUT2D eigenvalue weighted by atomic mass is 14.9. The Morgan fingerprint density at radius 2 is 0.839 bits per heavy atom. The Bertz CT molecular complexity index is 728. The van der Waals surface area contributed by atoms with E-state index in [1.54, 1.807) is 0 Å². The molecule has 2 aromatic carbocycles. The molecule has 1 N–H and O–H groups in total. The lowest BCUT2D eigenvalue weighted by Gasteiger charge is -2.36. The molecule has 0 saturated carbocycles. The summed E-state index contributed by atoms with van der Waals surface area (Å²) >= 11 is 0. The highest BCUT2D eigenvalue weighted by Gasteiger charge is 2.32. The molecule has 0 amide bonds. The molecule has 0 bridgehead atoms. The smallest absolute Gasteiger partial charge is 0.0384 e. The topological polar surface area (TPSA) is 12.0 Å². The van der Waals surface area contributed by atoms with Crippen molar-refractivity contribution in [2.45, 2.75) is 92.9 Å². The van der Waals surface area contributed by atoms with Crippen LogP contribution < -0.4 is 5.32 Å². The highest BCUT2D eigenvalue weighted by Crippen LogP contribution is 2.40. The molecule has 0 aliphatic carbocycles. The Morgan fingerprint density at radius 3 is 1.06 bits per heavy atom. The minimum absolute atomic E-state index is 0.214. The van der Waals surface area contributed by atoms with Gasteiger partial charge in [0.2, 0.25) is 0 Å². The van der Waals surface area contributed by atoms with E-state index in [-0.39, 0.29) is 10.8 Å². The first-order valence-electron chi connectivity index (χ1n) is 12.4. The maximum atomic E-state index is 3.60. The lowest BCUT2D eigenvalue weighted by molar-refractivity contribution is 0.276. The Morgan fingerprint density at radius 1 is 0.548 bits per heavy atom. The minimum atomic E-state index is 0.214. The molecular weight excluding hydrogens is 374 g/mol. The van der Waals surface area contributed by atoms with Crippen molar-refractivity contribution in [3.63, 3.8) is 0 Å². The second kappa shape index (κ2) is 10.2. The van der Waals surface area contributed by atoms with Crippen LogP contribution in [0, 0.1) is 23.7 Å².